The van der Waals surface area contributed by atoms with Gasteiger partial charge in [-0.25, -0.2) is 4.79 Å². The van der Waals surface area contributed by atoms with E-state index < -0.39 is 0 Å². The lowest BCUT2D eigenvalue weighted by molar-refractivity contribution is 0.102. The number of hydrogen-bond donors (Lipinski definition) is 3. The summed E-state index contributed by atoms with van der Waals surface area (Å²) in [5, 5.41) is 21.3. The first-order valence-electron chi connectivity index (χ1n) is 11.3. The lowest BCUT2D eigenvalue weighted by Crippen LogP contribution is -2.30. The highest BCUT2D eigenvalue weighted by Gasteiger charge is 2.30. The predicted octanol–water partition coefficient (Wildman–Crippen LogP) is 5.80. The molecule has 1 aliphatic rings. The fourth-order valence-electron chi connectivity index (χ4n) is 3.83. The van der Waals surface area contributed by atoms with Crippen LogP contribution in [0.15, 0.2) is 78.9 Å². The van der Waals surface area contributed by atoms with Crippen LogP contribution in [0.1, 0.15) is 40.4 Å². The smallest absolute Gasteiger partial charge is 0.342 e. The molecule has 1 aromatic heterocycles. The van der Waals surface area contributed by atoms with Gasteiger partial charge in [0.25, 0.3) is 5.91 Å². The fourth-order valence-corrected chi connectivity index (χ4v) is 3.96. The Bertz CT molecular complexity index is 1380. The topological polar surface area (TPSA) is 96.2 Å². The number of hydrogen-bond acceptors (Lipinski definition) is 4. The number of benzene rings is 3. The Kier molecular flexibility index (Phi) is 6.25. The van der Waals surface area contributed by atoms with Gasteiger partial charge in [-0.15, -0.1) is 0 Å². The number of rotatable bonds is 6. The standard InChI is InChI=1S/C27H23ClN4O3/c28-20-10-8-19(9-11-20)26(34)30-21-12-13-25(33)22(14-21)23-15-24(18-6-7-18)32(31-23)27(35)29-16-17-4-2-1-3-5-17/h1-5,8-15,18,33H,6-7,16H2,(H,29,35)(H,30,34). The number of carbonyl (C=O) groups excluding carboxylic acids is 2. The summed E-state index contributed by atoms with van der Waals surface area (Å²) in [6.07, 6.45) is 1.97. The minimum absolute atomic E-state index is 0.00572. The van der Waals surface area contributed by atoms with E-state index in [1.165, 1.54) is 10.7 Å². The molecule has 0 unspecified atom stereocenters. The highest BCUT2D eigenvalue weighted by molar-refractivity contribution is 6.30. The summed E-state index contributed by atoms with van der Waals surface area (Å²) in [4.78, 5) is 25.6. The second-order valence-corrected chi connectivity index (χ2v) is 8.91. The van der Waals surface area contributed by atoms with Crippen molar-refractivity contribution in [3.05, 3.63) is 101 Å². The van der Waals surface area contributed by atoms with Gasteiger partial charge in [-0.1, -0.05) is 41.9 Å². The van der Waals surface area contributed by atoms with E-state index in [-0.39, 0.29) is 23.6 Å². The molecule has 0 spiro atoms. The lowest BCUT2D eigenvalue weighted by atomic mass is 10.1. The van der Waals surface area contributed by atoms with Gasteiger partial charge < -0.3 is 15.7 Å². The van der Waals surface area contributed by atoms with Crippen molar-refractivity contribution in [2.24, 2.45) is 0 Å². The molecule has 0 atom stereocenters. The maximum absolute atomic E-state index is 13.0. The molecule has 0 aliphatic heterocycles. The van der Waals surface area contributed by atoms with Gasteiger partial charge in [-0.05, 0) is 66.9 Å². The van der Waals surface area contributed by atoms with Gasteiger partial charge in [0.2, 0.25) is 0 Å². The Morgan fingerprint density at radius 2 is 1.74 bits per heavy atom. The molecular weight excluding hydrogens is 464 g/mol. The van der Waals surface area contributed by atoms with Crippen LogP contribution in [-0.4, -0.2) is 26.8 Å². The third kappa shape index (κ3) is 5.20. The van der Waals surface area contributed by atoms with Gasteiger partial charge in [0.05, 0.1) is 11.4 Å². The minimum Gasteiger partial charge on any atom is -0.507 e. The molecule has 0 bridgehead atoms. The van der Waals surface area contributed by atoms with Crippen molar-refractivity contribution < 1.29 is 14.7 Å². The van der Waals surface area contributed by atoms with Crippen LogP contribution in [0, 0.1) is 0 Å². The van der Waals surface area contributed by atoms with Crippen LogP contribution >= 0.6 is 11.6 Å². The Morgan fingerprint density at radius 1 is 1.00 bits per heavy atom. The quantitative estimate of drug-likeness (QED) is 0.300. The van der Waals surface area contributed by atoms with E-state index in [2.05, 4.69) is 15.7 Å². The molecule has 1 heterocycles. The first kappa shape index (κ1) is 22.7. The van der Waals surface area contributed by atoms with E-state index in [1.54, 1.807) is 36.4 Å². The second-order valence-electron chi connectivity index (χ2n) is 8.48. The van der Waals surface area contributed by atoms with Crippen LogP contribution in [-0.2, 0) is 6.54 Å². The summed E-state index contributed by atoms with van der Waals surface area (Å²) in [5.41, 5.74) is 3.63. The summed E-state index contributed by atoms with van der Waals surface area (Å²) in [6.45, 7) is 0.385. The van der Waals surface area contributed by atoms with Crippen LogP contribution in [0.4, 0.5) is 10.5 Å². The summed E-state index contributed by atoms with van der Waals surface area (Å²) >= 11 is 5.90. The Hall–Kier alpha value is -4.10. The molecule has 1 saturated carbocycles. The van der Waals surface area contributed by atoms with Crippen molar-refractivity contribution in [2.75, 3.05) is 5.32 Å². The van der Waals surface area contributed by atoms with Crippen LogP contribution in [0.3, 0.4) is 0 Å². The first-order valence-corrected chi connectivity index (χ1v) is 11.7. The van der Waals surface area contributed by atoms with E-state index in [0.29, 0.717) is 34.1 Å². The van der Waals surface area contributed by atoms with Gasteiger partial charge in [0.15, 0.2) is 0 Å². The molecule has 8 heteroatoms. The largest absolute Gasteiger partial charge is 0.507 e. The molecule has 4 aromatic rings. The van der Waals surface area contributed by atoms with E-state index >= 15 is 0 Å². The zero-order chi connectivity index (χ0) is 24.4. The van der Waals surface area contributed by atoms with E-state index in [4.69, 9.17) is 11.6 Å². The maximum Gasteiger partial charge on any atom is 0.342 e. The lowest BCUT2D eigenvalue weighted by Gasteiger charge is -2.09. The molecule has 0 radical (unpaired) electrons. The van der Waals surface area contributed by atoms with Gasteiger partial charge >= 0.3 is 6.03 Å². The molecule has 3 N–H and O–H groups in total. The summed E-state index contributed by atoms with van der Waals surface area (Å²) in [5.74, 6) is -0.0392. The van der Waals surface area contributed by atoms with Crippen LogP contribution < -0.4 is 10.6 Å². The highest BCUT2D eigenvalue weighted by atomic mass is 35.5. The van der Waals surface area contributed by atoms with E-state index in [0.717, 1.165) is 24.1 Å². The zero-order valence-corrected chi connectivity index (χ0v) is 19.5. The molecule has 176 valence electrons. The average Bonchev–Trinajstić information content (AvgIpc) is 3.63. The van der Waals surface area contributed by atoms with Crippen LogP contribution in [0.25, 0.3) is 11.3 Å². The van der Waals surface area contributed by atoms with Crippen molar-refractivity contribution >= 4 is 29.2 Å². The molecule has 1 fully saturated rings. The van der Waals surface area contributed by atoms with Crippen LogP contribution in [0.2, 0.25) is 5.02 Å². The molecule has 5 rings (SSSR count). The normalized spacial score (nSPS) is 12.8. The summed E-state index contributed by atoms with van der Waals surface area (Å²) < 4.78 is 1.38. The Balaban J connectivity index is 1.39. The highest BCUT2D eigenvalue weighted by Crippen LogP contribution is 2.42. The molecule has 3 aromatic carbocycles. The molecular formula is C27H23ClN4O3. The third-order valence-electron chi connectivity index (χ3n) is 5.85. The van der Waals surface area contributed by atoms with Crippen molar-refractivity contribution in [2.45, 2.75) is 25.3 Å². The van der Waals surface area contributed by atoms with Gasteiger partial charge in [-0.2, -0.15) is 9.78 Å². The minimum atomic E-state index is -0.325. The molecule has 1 aliphatic carbocycles. The number of carbonyl (C=O) groups is 2. The van der Waals surface area contributed by atoms with E-state index in [9.17, 15) is 14.7 Å². The SMILES string of the molecule is O=C(Nc1ccc(O)c(-c2cc(C3CC3)n(C(=O)NCc3ccccc3)n2)c1)c1ccc(Cl)cc1. The third-order valence-corrected chi connectivity index (χ3v) is 6.10. The molecule has 7 nitrogen and oxygen atoms in total. The number of phenols is 1. The number of phenolic OH excluding ortho intramolecular Hbond substituents is 1. The number of anilines is 1. The second kappa shape index (κ2) is 9.64. The van der Waals surface area contributed by atoms with Crippen molar-refractivity contribution in [3.63, 3.8) is 0 Å². The number of nitrogens with zero attached hydrogens (tertiary/aromatic N) is 2. The van der Waals surface area contributed by atoms with Gasteiger partial charge in [0.1, 0.15) is 5.75 Å². The molecule has 35 heavy (non-hydrogen) atoms. The maximum atomic E-state index is 13.0. The summed E-state index contributed by atoms with van der Waals surface area (Å²) in [7, 11) is 0. The zero-order valence-electron chi connectivity index (χ0n) is 18.7. The first-order chi connectivity index (χ1) is 17.0. The van der Waals surface area contributed by atoms with Crippen molar-refractivity contribution in [1.29, 1.82) is 0 Å². The van der Waals surface area contributed by atoms with Crippen molar-refractivity contribution in [3.8, 4) is 17.0 Å². The van der Waals surface area contributed by atoms with Crippen molar-refractivity contribution in [1.82, 2.24) is 15.1 Å². The Labute approximate surface area is 207 Å². The molecule has 0 saturated heterocycles. The fraction of sp³-hybridized carbons (Fsp3) is 0.148. The number of amides is 2. The number of halogens is 1. The number of aromatic nitrogens is 2. The summed E-state index contributed by atoms with van der Waals surface area (Å²) in [6, 6.07) is 22.5. The van der Waals surface area contributed by atoms with E-state index in [1.807, 2.05) is 36.4 Å². The van der Waals surface area contributed by atoms with Gasteiger partial charge in [-0.3, -0.25) is 4.79 Å². The predicted molar refractivity (Wildman–Crippen MR) is 135 cm³/mol. The number of aromatic hydroxyl groups is 1. The average molecular weight is 487 g/mol. The Morgan fingerprint density at radius 3 is 2.46 bits per heavy atom. The van der Waals surface area contributed by atoms with Gasteiger partial charge in [0, 0.05) is 34.3 Å². The van der Waals surface area contributed by atoms with Crippen LogP contribution in [0.5, 0.6) is 5.75 Å². The molecule has 2 amide bonds. The monoisotopic (exact) mass is 486 g/mol. The number of nitrogens with one attached hydrogen (secondary N) is 2.